The Balaban J connectivity index is 3.37. The zero-order valence-corrected chi connectivity index (χ0v) is 5.07. The standard InChI is InChI=1S/C9H6/c1-3-5-7-9-8-6-4-2/h1,7H,2,5H2. The highest BCUT2D eigenvalue weighted by molar-refractivity contribution is 5.30. The molecular formula is C9H6. The molecule has 0 rings (SSSR count). The summed E-state index contributed by atoms with van der Waals surface area (Å²) >= 11 is 0. The summed E-state index contributed by atoms with van der Waals surface area (Å²) in [6.07, 6.45) is 7.21. The van der Waals surface area contributed by atoms with Gasteiger partial charge in [0.15, 0.2) is 0 Å². The third-order valence-corrected chi connectivity index (χ3v) is 0.545. The van der Waals surface area contributed by atoms with E-state index in [0.717, 1.165) is 0 Å². The van der Waals surface area contributed by atoms with E-state index in [9.17, 15) is 0 Å². The Labute approximate surface area is 56.7 Å². The van der Waals surface area contributed by atoms with E-state index in [-0.39, 0.29) is 0 Å². The van der Waals surface area contributed by atoms with Gasteiger partial charge in [-0.25, -0.2) is 0 Å². The molecule has 0 aliphatic rings. The molecule has 0 spiro atoms. The first-order valence-electron chi connectivity index (χ1n) is 2.44. The van der Waals surface area contributed by atoms with E-state index < -0.39 is 0 Å². The van der Waals surface area contributed by atoms with E-state index in [1.165, 1.54) is 0 Å². The van der Waals surface area contributed by atoms with Crippen LogP contribution in [0, 0.1) is 49.4 Å². The van der Waals surface area contributed by atoms with E-state index >= 15 is 0 Å². The van der Waals surface area contributed by atoms with Crippen molar-refractivity contribution in [3.05, 3.63) is 13.3 Å². The van der Waals surface area contributed by atoms with Crippen LogP contribution in [0.4, 0.5) is 0 Å². The number of hydrogen-bond acceptors (Lipinski definition) is 0. The minimum atomic E-state index is 0.575. The number of hydrogen-bond donors (Lipinski definition) is 0. The topological polar surface area (TPSA) is 0 Å². The van der Waals surface area contributed by atoms with Crippen LogP contribution in [-0.4, -0.2) is 0 Å². The van der Waals surface area contributed by atoms with Crippen LogP contribution in [0.3, 0.4) is 0 Å². The third-order valence-electron chi connectivity index (χ3n) is 0.545. The maximum atomic E-state index is 4.95. The molecule has 0 atom stereocenters. The van der Waals surface area contributed by atoms with Crippen LogP contribution in [0.2, 0.25) is 0 Å². The fraction of sp³-hybridized carbons (Fsp3) is 0.111. The molecule has 0 fully saturated rings. The summed E-state index contributed by atoms with van der Waals surface area (Å²) in [5.74, 6) is 12.5. The Morgan fingerprint density at radius 3 is 2.78 bits per heavy atom. The second-order valence-electron chi connectivity index (χ2n) is 1.18. The molecule has 9 heavy (non-hydrogen) atoms. The lowest BCUT2D eigenvalue weighted by Gasteiger charge is -1.71. The van der Waals surface area contributed by atoms with Crippen molar-refractivity contribution in [1.29, 1.82) is 0 Å². The Bertz CT molecular complexity index is 206. The fourth-order valence-corrected chi connectivity index (χ4v) is 0.241. The second kappa shape index (κ2) is 6.68. The molecule has 0 N–H and O–H groups in total. The van der Waals surface area contributed by atoms with Crippen molar-refractivity contribution in [3.8, 4) is 36.0 Å². The number of rotatable bonds is 1. The van der Waals surface area contributed by atoms with E-state index in [1.54, 1.807) is 6.42 Å². The van der Waals surface area contributed by atoms with Crippen molar-refractivity contribution in [3.63, 3.8) is 0 Å². The van der Waals surface area contributed by atoms with Crippen LogP contribution in [0.25, 0.3) is 0 Å². The summed E-state index contributed by atoms with van der Waals surface area (Å²) in [4.78, 5) is 0. The first-order chi connectivity index (χ1) is 4.41. The molecule has 0 saturated carbocycles. The van der Waals surface area contributed by atoms with Gasteiger partial charge in [-0.2, -0.15) is 0 Å². The molecule has 0 nitrogen and oxygen atoms in total. The monoisotopic (exact) mass is 114 g/mol. The molecule has 0 unspecified atom stereocenters. The smallest absolute Gasteiger partial charge is 0.0469 e. The van der Waals surface area contributed by atoms with Crippen molar-refractivity contribution >= 4 is 0 Å². The Morgan fingerprint density at radius 1 is 1.44 bits per heavy atom. The van der Waals surface area contributed by atoms with E-state index in [1.807, 2.05) is 0 Å². The van der Waals surface area contributed by atoms with E-state index in [0.29, 0.717) is 6.42 Å². The Morgan fingerprint density at radius 2 is 2.22 bits per heavy atom. The van der Waals surface area contributed by atoms with Gasteiger partial charge in [-0.3, -0.25) is 0 Å². The molecule has 0 heterocycles. The minimum Gasteiger partial charge on any atom is -0.120 e. The predicted molar refractivity (Wildman–Crippen MR) is 38.7 cm³/mol. The molecule has 0 heteroatoms. The van der Waals surface area contributed by atoms with Crippen molar-refractivity contribution in [2.24, 2.45) is 0 Å². The number of unbranched alkanes of at least 4 members (excludes halogenated alkanes) is 1. The van der Waals surface area contributed by atoms with Gasteiger partial charge < -0.3 is 0 Å². The van der Waals surface area contributed by atoms with Gasteiger partial charge in [0.1, 0.15) is 0 Å². The highest BCUT2D eigenvalue weighted by Crippen LogP contribution is 1.77. The normalized spacial score (nSPS) is 5.33. The summed E-state index contributed by atoms with van der Waals surface area (Å²) in [6.45, 7) is 3.29. The van der Waals surface area contributed by atoms with Gasteiger partial charge in [0.25, 0.3) is 0 Å². The summed E-state index contributed by atoms with van der Waals surface area (Å²) in [5, 5.41) is 0. The van der Waals surface area contributed by atoms with Crippen LogP contribution in [0.15, 0.2) is 0 Å². The van der Waals surface area contributed by atoms with Gasteiger partial charge >= 0.3 is 0 Å². The van der Waals surface area contributed by atoms with Gasteiger partial charge in [0, 0.05) is 19.8 Å². The van der Waals surface area contributed by atoms with E-state index in [4.69, 9.17) is 6.42 Å². The molecule has 0 bridgehead atoms. The number of terminal acetylenes is 1. The molecular weight excluding hydrogens is 108 g/mol. The third kappa shape index (κ3) is 6.68. The lowest BCUT2D eigenvalue weighted by molar-refractivity contribution is 1.38. The van der Waals surface area contributed by atoms with Crippen molar-refractivity contribution < 1.29 is 0 Å². The van der Waals surface area contributed by atoms with Crippen molar-refractivity contribution in [2.45, 2.75) is 6.42 Å². The summed E-state index contributed by atoms with van der Waals surface area (Å²) in [6, 6.07) is 0. The molecule has 0 saturated heterocycles. The average Bonchev–Trinajstić information content (AvgIpc) is 1.89. The Kier molecular flexibility index (Phi) is 5.70. The van der Waals surface area contributed by atoms with Crippen molar-refractivity contribution in [1.82, 2.24) is 0 Å². The summed E-state index contributed by atoms with van der Waals surface area (Å²) in [7, 11) is 0. The van der Waals surface area contributed by atoms with Gasteiger partial charge in [-0.05, 0) is 11.8 Å². The molecule has 2 radical (unpaired) electrons. The van der Waals surface area contributed by atoms with Crippen LogP contribution >= 0.6 is 0 Å². The summed E-state index contributed by atoms with van der Waals surface area (Å²) in [5.41, 5.74) is 0. The van der Waals surface area contributed by atoms with Crippen LogP contribution in [0.5, 0.6) is 0 Å². The summed E-state index contributed by atoms with van der Waals surface area (Å²) < 4.78 is 0. The zero-order chi connectivity index (χ0) is 6.95. The van der Waals surface area contributed by atoms with Gasteiger partial charge in [-0.1, -0.05) is 11.8 Å². The lowest BCUT2D eigenvalue weighted by atomic mass is 10.3. The largest absolute Gasteiger partial charge is 0.120 e. The fourth-order valence-electron chi connectivity index (χ4n) is 0.241. The minimum absolute atomic E-state index is 0.575. The van der Waals surface area contributed by atoms with Crippen molar-refractivity contribution in [2.75, 3.05) is 0 Å². The maximum absolute atomic E-state index is 4.95. The zero-order valence-electron chi connectivity index (χ0n) is 5.07. The average molecular weight is 114 g/mol. The predicted octanol–water partition coefficient (Wildman–Crippen LogP) is 1.05. The van der Waals surface area contributed by atoms with Gasteiger partial charge in [0.05, 0.1) is 0 Å². The first kappa shape index (κ1) is 7.68. The molecule has 0 aliphatic heterocycles. The second-order valence-corrected chi connectivity index (χ2v) is 1.18. The SMILES string of the molecule is C#CC[CH]C#CC#C[CH2]. The van der Waals surface area contributed by atoms with Crippen LogP contribution < -0.4 is 0 Å². The van der Waals surface area contributed by atoms with E-state index in [2.05, 4.69) is 36.5 Å². The first-order valence-corrected chi connectivity index (χ1v) is 2.44. The maximum Gasteiger partial charge on any atom is 0.0469 e. The molecule has 0 aliphatic carbocycles. The quantitative estimate of drug-likeness (QED) is 0.353. The molecule has 0 aromatic rings. The van der Waals surface area contributed by atoms with Gasteiger partial charge in [0.2, 0.25) is 0 Å². The highest BCUT2D eigenvalue weighted by Gasteiger charge is 1.70. The molecule has 42 valence electrons. The Hall–Kier alpha value is -1.32. The van der Waals surface area contributed by atoms with Gasteiger partial charge in [-0.15, -0.1) is 12.3 Å². The lowest BCUT2D eigenvalue weighted by Crippen LogP contribution is -1.64. The molecule has 0 aromatic heterocycles. The molecule has 0 amide bonds. The van der Waals surface area contributed by atoms with Crippen LogP contribution in [-0.2, 0) is 0 Å². The highest BCUT2D eigenvalue weighted by atomic mass is 13.7. The van der Waals surface area contributed by atoms with Crippen LogP contribution in [0.1, 0.15) is 6.42 Å². The molecule has 0 aromatic carbocycles.